The molecule has 0 saturated heterocycles. The summed E-state index contributed by atoms with van der Waals surface area (Å²) in [4.78, 5) is 0. The second-order valence-corrected chi connectivity index (χ2v) is 14.5. The highest BCUT2D eigenvalue weighted by Crippen LogP contribution is 2.75. The Balaban J connectivity index is 1.66. The van der Waals surface area contributed by atoms with E-state index in [1.165, 1.54) is 18.4 Å². The molecule has 4 saturated carbocycles. The average molecular weight is 461 g/mol. The number of hydrogen-bond acceptors (Lipinski definition) is 3. The van der Waals surface area contributed by atoms with Crippen molar-refractivity contribution in [3.8, 4) is 0 Å². The van der Waals surface area contributed by atoms with Gasteiger partial charge in [-0.15, -0.1) is 0 Å². The smallest absolute Gasteiger partial charge is 0.0654 e. The van der Waals surface area contributed by atoms with Gasteiger partial charge in [-0.3, -0.25) is 0 Å². The molecule has 10 atom stereocenters. The number of aliphatic hydroxyl groups is 3. The lowest BCUT2D eigenvalue weighted by molar-refractivity contribution is -0.246. The number of allylic oxidation sites excluding steroid dienone is 2. The van der Waals surface area contributed by atoms with E-state index in [0.29, 0.717) is 11.8 Å². The molecular weight excluding hydrogens is 408 g/mol. The van der Waals surface area contributed by atoms with Crippen molar-refractivity contribution in [2.24, 2.45) is 45.3 Å². The third-order valence-corrected chi connectivity index (χ3v) is 12.4. The van der Waals surface area contributed by atoms with Gasteiger partial charge in [0, 0.05) is 0 Å². The fourth-order valence-corrected chi connectivity index (χ4v) is 10.3. The first-order valence-corrected chi connectivity index (χ1v) is 13.8. The van der Waals surface area contributed by atoms with Crippen LogP contribution in [-0.4, -0.2) is 33.1 Å². The van der Waals surface area contributed by atoms with Gasteiger partial charge in [0.1, 0.15) is 0 Å². The molecular formula is C30H52O3. The monoisotopic (exact) mass is 460 g/mol. The lowest BCUT2D eigenvalue weighted by Gasteiger charge is -2.70. The Morgan fingerprint density at radius 3 is 2.18 bits per heavy atom. The van der Waals surface area contributed by atoms with E-state index >= 15 is 0 Å². The molecule has 190 valence electrons. The van der Waals surface area contributed by atoms with Crippen LogP contribution in [0.4, 0.5) is 0 Å². The fraction of sp³-hybridized carbons (Fsp3) is 0.933. The molecule has 0 aliphatic heterocycles. The van der Waals surface area contributed by atoms with Crippen molar-refractivity contribution in [2.45, 2.75) is 131 Å². The largest absolute Gasteiger partial charge is 0.393 e. The number of rotatable bonds is 4. The van der Waals surface area contributed by atoms with E-state index in [1.807, 2.05) is 6.92 Å². The van der Waals surface area contributed by atoms with Crippen LogP contribution < -0.4 is 0 Å². The average Bonchev–Trinajstić information content (AvgIpc) is 3.08. The van der Waals surface area contributed by atoms with Gasteiger partial charge in [0.25, 0.3) is 0 Å². The SMILES string of the molecule is CC(C)=CCC[C@@](C)(O)[C@H]1CC[C@]2(C)[C@@H]1[C@H](O)C[C@H]1[C@@]3(C)CC[C@H](O)C(C)(C)[C@H]3CC[C@]12C. The summed E-state index contributed by atoms with van der Waals surface area (Å²) < 4.78 is 0. The van der Waals surface area contributed by atoms with Crippen molar-refractivity contribution in [1.82, 2.24) is 0 Å². The third kappa shape index (κ3) is 3.61. The van der Waals surface area contributed by atoms with Crippen molar-refractivity contribution < 1.29 is 15.3 Å². The molecule has 3 heteroatoms. The summed E-state index contributed by atoms with van der Waals surface area (Å²) in [5.74, 6) is 1.31. The van der Waals surface area contributed by atoms with E-state index < -0.39 is 5.60 Å². The van der Waals surface area contributed by atoms with Gasteiger partial charge in [-0.1, -0.05) is 46.3 Å². The zero-order valence-corrected chi connectivity index (χ0v) is 22.7. The van der Waals surface area contributed by atoms with Gasteiger partial charge in [0.2, 0.25) is 0 Å². The molecule has 0 heterocycles. The molecule has 0 aromatic heterocycles. The molecule has 33 heavy (non-hydrogen) atoms. The molecule has 4 aliphatic carbocycles. The van der Waals surface area contributed by atoms with Gasteiger partial charge < -0.3 is 15.3 Å². The Kier molecular flexibility index (Phi) is 6.28. The predicted molar refractivity (Wildman–Crippen MR) is 136 cm³/mol. The van der Waals surface area contributed by atoms with Crippen LogP contribution >= 0.6 is 0 Å². The van der Waals surface area contributed by atoms with Gasteiger partial charge in [0.15, 0.2) is 0 Å². The maximum absolute atomic E-state index is 11.8. The number of aliphatic hydroxyl groups excluding tert-OH is 2. The van der Waals surface area contributed by atoms with E-state index in [0.717, 1.165) is 44.9 Å². The van der Waals surface area contributed by atoms with Gasteiger partial charge >= 0.3 is 0 Å². The lowest BCUT2D eigenvalue weighted by Crippen LogP contribution is -2.66. The highest BCUT2D eigenvalue weighted by molar-refractivity contribution is 5.20. The van der Waals surface area contributed by atoms with Crippen molar-refractivity contribution in [2.75, 3.05) is 0 Å². The lowest BCUT2D eigenvalue weighted by atomic mass is 9.35. The first-order chi connectivity index (χ1) is 15.1. The van der Waals surface area contributed by atoms with E-state index in [1.54, 1.807) is 0 Å². The zero-order valence-electron chi connectivity index (χ0n) is 22.7. The summed E-state index contributed by atoms with van der Waals surface area (Å²) in [5, 5.41) is 34.3. The molecule has 4 aliphatic rings. The summed E-state index contributed by atoms with van der Waals surface area (Å²) in [5.41, 5.74) is 0.885. The highest BCUT2D eigenvalue weighted by atomic mass is 16.3. The van der Waals surface area contributed by atoms with Gasteiger partial charge in [0.05, 0.1) is 17.8 Å². The molecule has 0 amide bonds. The van der Waals surface area contributed by atoms with E-state index in [-0.39, 0.29) is 45.7 Å². The van der Waals surface area contributed by atoms with Crippen LogP contribution in [0.15, 0.2) is 11.6 Å². The van der Waals surface area contributed by atoms with Gasteiger partial charge in [-0.25, -0.2) is 0 Å². The maximum Gasteiger partial charge on any atom is 0.0654 e. The van der Waals surface area contributed by atoms with Crippen LogP contribution in [0.3, 0.4) is 0 Å². The first kappa shape index (κ1) is 25.7. The summed E-state index contributed by atoms with van der Waals surface area (Å²) >= 11 is 0. The second-order valence-electron chi connectivity index (χ2n) is 14.5. The van der Waals surface area contributed by atoms with Crippen LogP contribution in [0, 0.1) is 45.3 Å². The second kappa shape index (κ2) is 8.07. The van der Waals surface area contributed by atoms with Gasteiger partial charge in [-0.2, -0.15) is 0 Å². The molecule has 0 aromatic rings. The van der Waals surface area contributed by atoms with E-state index in [2.05, 4.69) is 54.5 Å². The van der Waals surface area contributed by atoms with E-state index in [9.17, 15) is 15.3 Å². The van der Waals surface area contributed by atoms with Crippen molar-refractivity contribution >= 4 is 0 Å². The normalized spacial score (nSPS) is 50.5. The minimum atomic E-state index is -0.739. The summed E-state index contributed by atoms with van der Waals surface area (Å²) in [7, 11) is 0. The van der Waals surface area contributed by atoms with Gasteiger partial charge in [-0.05, 0) is 124 Å². The molecule has 0 unspecified atom stereocenters. The van der Waals surface area contributed by atoms with E-state index in [4.69, 9.17) is 0 Å². The van der Waals surface area contributed by atoms with Crippen LogP contribution in [0.5, 0.6) is 0 Å². The van der Waals surface area contributed by atoms with Crippen LogP contribution in [0.1, 0.15) is 113 Å². The number of fused-ring (bicyclic) bond motifs is 5. The van der Waals surface area contributed by atoms with Crippen LogP contribution in [0.2, 0.25) is 0 Å². The molecule has 0 bridgehead atoms. The summed E-state index contributed by atoms with van der Waals surface area (Å²) in [6, 6.07) is 0. The van der Waals surface area contributed by atoms with Crippen LogP contribution in [0.25, 0.3) is 0 Å². The quantitative estimate of drug-likeness (QED) is 0.420. The predicted octanol–water partition coefficient (Wildman–Crippen LogP) is 6.50. The Bertz CT molecular complexity index is 779. The standard InChI is InChI=1S/C30H52O3/c1-19(2)10-9-14-30(8,33)20-11-16-29(7)25(20)21(31)18-23-27(5)15-13-24(32)26(3,4)22(27)12-17-28(23,29)6/h10,20-25,31-33H,9,11-18H2,1-8H3/t20-,21+,22+,23-,24-,25-,27-,28+,29+,30+/m0/s1. The fourth-order valence-electron chi connectivity index (χ4n) is 10.3. The van der Waals surface area contributed by atoms with Crippen LogP contribution in [-0.2, 0) is 0 Å². The Hall–Kier alpha value is -0.380. The summed E-state index contributed by atoms with van der Waals surface area (Å²) in [6.45, 7) is 18.3. The molecule has 0 aromatic carbocycles. The van der Waals surface area contributed by atoms with Crippen molar-refractivity contribution in [1.29, 1.82) is 0 Å². The maximum atomic E-state index is 11.8. The number of hydrogen-bond donors (Lipinski definition) is 3. The first-order valence-electron chi connectivity index (χ1n) is 13.8. The molecule has 0 radical (unpaired) electrons. The Morgan fingerprint density at radius 2 is 1.55 bits per heavy atom. The summed E-state index contributed by atoms with van der Waals surface area (Å²) in [6.07, 6.45) is 10.6. The molecule has 4 rings (SSSR count). The Labute approximate surface area is 203 Å². The molecule has 3 nitrogen and oxygen atoms in total. The molecule has 3 N–H and O–H groups in total. The van der Waals surface area contributed by atoms with Crippen molar-refractivity contribution in [3.05, 3.63) is 11.6 Å². The highest BCUT2D eigenvalue weighted by Gasteiger charge is 2.71. The third-order valence-electron chi connectivity index (χ3n) is 12.4. The zero-order chi connectivity index (χ0) is 24.6. The minimum absolute atomic E-state index is 0.0503. The minimum Gasteiger partial charge on any atom is -0.393 e. The van der Waals surface area contributed by atoms with Crippen molar-refractivity contribution in [3.63, 3.8) is 0 Å². The Morgan fingerprint density at radius 1 is 0.909 bits per heavy atom. The molecule has 0 spiro atoms. The molecule has 4 fully saturated rings. The topological polar surface area (TPSA) is 60.7 Å².